The monoisotopic (exact) mass is 450 g/mol. The van der Waals surface area contributed by atoms with Gasteiger partial charge in [0.05, 0.1) is 18.3 Å². The summed E-state index contributed by atoms with van der Waals surface area (Å²) < 4.78 is 39.4. The van der Waals surface area contributed by atoms with Gasteiger partial charge < -0.3 is 20.1 Å². The first-order valence-corrected chi connectivity index (χ1v) is 11.6. The highest BCUT2D eigenvalue weighted by molar-refractivity contribution is 5.99. The molecule has 6 nitrogen and oxygen atoms in total. The molecule has 2 N–H and O–H groups in total. The van der Waals surface area contributed by atoms with Crippen molar-refractivity contribution in [3.05, 3.63) is 29.3 Å². The minimum atomic E-state index is -0.869. The van der Waals surface area contributed by atoms with E-state index >= 15 is 0 Å². The van der Waals surface area contributed by atoms with Crippen molar-refractivity contribution in [3.63, 3.8) is 0 Å². The third-order valence-corrected chi connectivity index (χ3v) is 6.93. The number of halogens is 2. The minimum absolute atomic E-state index is 0.0742. The highest BCUT2D eigenvalue weighted by Crippen LogP contribution is 2.51. The number of ether oxygens (including phenoxy) is 2. The van der Waals surface area contributed by atoms with Gasteiger partial charge in [-0.25, -0.2) is 13.6 Å². The van der Waals surface area contributed by atoms with Crippen LogP contribution in [0.2, 0.25) is 0 Å². The molecule has 0 aromatic heterocycles. The second-order valence-electron chi connectivity index (χ2n) is 9.80. The fraction of sp³-hybridized carbons (Fsp3) is 0.667. The van der Waals surface area contributed by atoms with Crippen molar-refractivity contribution in [3.8, 4) is 5.75 Å². The van der Waals surface area contributed by atoms with Gasteiger partial charge in [-0.2, -0.15) is 0 Å². The van der Waals surface area contributed by atoms with Crippen molar-refractivity contribution in [2.45, 2.75) is 64.0 Å². The van der Waals surface area contributed by atoms with Gasteiger partial charge >= 0.3 is 6.09 Å². The molecular weight excluding hydrogens is 418 g/mol. The Morgan fingerprint density at radius 3 is 2.34 bits per heavy atom. The molecule has 0 radical (unpaired) electrons. The third kappa shape index (κ3) is 5.05. The second kappa shape index (κ2) is 8.96. The predicted molar refractivity (Wildman–Crippen MR) is 114 cm³/mol. The van der Waals surface area contributed by atoms with Crippen LogP contribution in [0.5, 0.6) is 5.75 Å². The van der Waals surface area contributed by atoms with Crippen molar-refractivity contribution in [1.29, 1.82) is 0 Å². The summed E-state index contributed by atoms with van der Waals surface area (Å²) in [5.41, 5.74) is 5.73. The lowest BCUT2D eigenvalue weighted by Gasteiger charge is -2.32. The zero-order chi connectivity index (χ0) is 23.0. The lowest BCUT2D eigenvalue weighted by atomic mass is 9.89. The first-order chi connectivity index (χ1) is 15.2. The summed E-state index contributed by atoms with van der Waals surface area (Å²) in [6.07, 6.45) is 4.25. The van der Waals surface area contributed by atoms with Crippen LogP contribution < -0.4 is 10.5 Å². The van der Waals surface area contributed by atoms with Gasteiger partial charge in [-0.1, -0.05) is 0 Å². The molecule has 1 aromatic rings. The van der Waals surface area contributed by atoms with Gasteiger partial charge in [0.2, 0.25) is 0 Å². The van der Waals surface area contributed by atoms with Crippen molar-refractivity contribution >= 4 is 11.9 Å². The Bertz CT molecular complexity index is 858. The summed E-state index contributed by atoms with van der Waals surface area (Å²) in [5, 5.41) is 0. The zero-order valence-electron chi connectivity index (χ0n) is 18.7. The van der Waals surface area contributed by atoms with E-state index in [0.29, 0.717) is 44.2 Å². The van der Waals surface area contributed by atoms with Crippen LogP contribution in [0.3, 0.4) is 0 Å². The molecule has 0 bridgehead atoms. The molecule has 1 amide bonds. The van der Waals surface area contributed by atoms with Crippen LogP contribution in [0.25, 0.3) is 0 Å². The quantitative estimate of drug-likeness (QED) is 0.597. The molecule has 8 heteroatoms. The lowest BCUT2D eigenvalue weighted by Crippen LogP contribution is -2.41. The molecule has 3 fully saturated rings. The molecule has 176 valence electrons. The molecule has 2 aliphatic carbocycles. The maximum absolute atomic E-state index is 14.3. The van der Waals surface area contributed by atoms with Crippen LogP contribution in [-0.4, -0.2) is 48.1 Å². The van der Waals surface area contributed by atoms with Crippen molar-refractivity contribution in [2.24, 2.45) is 23.5 Å². The number of amides is 1. The van der Waals surface area contributed by atoms with E-state index in [1.807, 2.05) is 13.8 Å². The molecule has 1 aliphatic heterocycles. The molecule has 0 unspecified atom stereocenters. The van der Waals surface area contributed by atoms with Crippen LogP contribution in [-0.2, 0) is 4.74 Å². The van der Waals surface area contributed by atoms with E-state index in [-0.39, 0.29) is 36.0 Å². The zero-order valence-corrected chi connectivity index (χ0v) is 18.7. The van der Waals surface area contributed by atoms with Crippen molar-refractivity contribution in [1.82, 2.24) is 4.90 Å². The Labute approximate surface area is 187 Å². The molecule has 2 atom stereocenters. The van der Waals surface area contributed by atoms with Crippen molar-refractivity contribution < 1.29 is 27.8 Å². The van der Waals surface area contributed by atoms with Crippen LogP contribution in [0.4, 0.5) is 13.6 Å². The number of piperidine rings is 1. The van der Waals surface area contributed by atoms with E-state index in [1.54, 1.807) is 4.90 Å². The molecule has 3 aliphatic rings. The number of benzene rings is 1. The summed E-state index contributed by atoms with van der Waals surface area (Å²) in [6, 6.07) is 2.16. The summed E-state index contributed by atoms with van der Waals surface area (Å²) in [4.78, 5) is 25.8. The fourth-order valence-electron chi connectivity index (χ4n) is 4.81. The highest BCUT2D eigenvalue weighted by Gasteiger charge is 2.54. The SMILES string of the molecule is CC(C)OC(=O)N1CCC([C@H]2C[C@@]2(N)CCOc2cc(F)c(C(=O)C3CC3)c(F)c2)CC1. The molecule has 32 heavy (non-hydrogen) atoms. The Morgan fingerprint density at radius 2 is 1.78 bits per heavy atom. The lowest BCUT2D eigenvalue weighted by molar-refractivity contribution is 0.0630. The van der Waals surface area contributed by atoms with E-state index in [0.717, 1.165) is 31.4 Å². The number of nitrogens with zero attached hydrogens (tertiary/aromatic N) is 1. The van der Waals surface area contributed by atoms with E-state index in [4.69, 9.17) is 15.2 Å². The molecule has 0 spiro atoms. The number of hydrogen-bond acceptors (Lipinski definition) is 5. The van der Waals surface area contributed by atoms with E-state index in [2.05, 4.69) is 0 Å². The van der Waals surface area contributed by atoms with E-state index in [9.17, 15) is 18.4 Å². The standard InChI is InChI=1S/C24H32F2N2O4/c1-14(2)32-23(30)28-8-5-15(6-9-28)18-13-24(18,27)7-10-31-17-11-19(25)21(20(26)12-17)22(29)16-3-4-16/h11-12,14-16,18H,3-10,13,27H2,1-2H3/t18-,24+/m1/s1. The van der Waals surface area contributed by atoms with E-state index in [1.165, 1.54) is 0 Å². The Kier molecular flexibility index (Phi) is 6.43. The first kappa shape index (κ1) is 23.0. The first-order valence-electron chi connectivity index (χ1n) is 11.6. The summed E-state index contributed by atoms with van der Waals surface area (Å²) in [5.74, 6) is -1.56. The fourth-order valence-corrected chi connectivity index (χ4v) is 4.81. The second-order valence-corrected chi connectivity index (χ2v) is 9.80. The van der Waals surface area contributed by atoms with Crippen LogP contribution in [0.15, 0.2) is 12.1 Å². The maximum atomic E-state index is 14.3. The summed E-state index contributed by atoms with van der Waals surface area (Å²) >= 11 is 0. The number of rotatable bonds is 8. The van der Waals surface area contributed by atoms with Gasteiger partial charge in [-0.3, -0.25) is 4.79 Å². The molecule has 2 saturated carbocycles. The normalized spacial score (nSPS) is 25.7. The largest absolute Gasteiger partial charge is 0.493 e. The smallest absolute Gasteiger partial charge is 0.410 e. The van der Waals surface area contributed by atoms with Gasteiger partial charge in [0.1, 0.15) is 17.4 Å². The van der Waals surface area contributed by atoms with Gasteiger partial charge in [-0.05, 0) is 64.2 Å². The highest BCUT2D eigenvalue weighted by atomic mass is 19.1. The number of likely N-dealkylation sites (tertiary alicyclic amines) is 1. The number of hydrogen-bond donors (Lipinski definition) is 1. The Hall–Kier alpha value is -2.22. The average molecular weight is 451 g/mol. The predicted octanol–water partition coefficient (Wildman–Crippen LogP) is 4.30. The molecule has 1 saturated heterocycles. The van der Waals surface area contributed by atoms with E-state index < -0.39 is 23.0 Å². The Balaban J connectivity index is 1.23. The number of ketones is 1. The van der Waals surface area contributed by atoms with Crippen LogP contribution in [0, 0.1) is 29.4 Å². The molecule has 1 aromatic carbocycles. The number of Topliss-reactive ketones (excluding diaryl/α,β-unsaturated/α-hetero) is 1. The van der Waals surface area contributed by atoms with Crippen molar-refractivity contribution in [2.75, 3.05) is 19.7 Å². The maximum Gasteiger partial charge on any atom is 0.410 e. The summed E-state index contributed by atoms with van der Waals surface area (Å²) in [7, 11) is 0. The number of carbonyl (C=O) groups is 2. The molecule has 4 rings (SSSR count). The van der Waals surface area contributed by atoms with Gasteiger partial charge in [0.25, 0.3) is 0 Å². The van der Waals surface area contributed by atoms with Crippen LogP contribution >= 0.6 is 0 Å². The summed E-state index contributed by atoms with van der Waals surface area (Å²) in [6.45, 7) is 5.27. The third-order valence-electron chi connectivity index (χ3n) is 6.93. The molecular formula is C24H32F2N2O4. The van der Waals surface area contributed by atoms with Gasteiger partial charge in [0.15, 0.2) is 5.78 Å². The number of carbonyl (C=O) groups excluding carboxylic acids is 2. The number of nitrogens with two attached hydrogens (primary N) is 1. The topological polar surface area (TPSA) is 81.9 Å². The van der Waals surface area contributed by atoms with Crippen LogP contribution in [0.1, 0.15) is 62.7 Å². The molecule has 1 heterocycles. The average Bonchev–Trinajstić information content (AvgIpc) is 3.63. The van der Waals surface area contributed by atoms with Gasteiger partial charge in [-0.15, -0.1) is 0 Å². The van der Waals surface area contributed by atoms with Gasteiger partial charge in [0, 0.05) is 36.7 Å². The Morgan fingerprint density at radius 1 is 1.16 bits per heavy atom. The minimum Gasteiger partial charge on any atom is -0.493 e.